The molecular weight excluding hydrogens is 444 g/mol. The van der Waals surface area contributed by atoms with Gasteiger partial charge < -0.3 is 19.9 Å². The van der Waals surface area contributed by atoms with Gasteiger partial charge >= 0.3 is 26.2 Å². The van der Waals surface area contributed by atoms with Crippen molar-refractivity contribution in [2.24, 2.45) is 0 Å². The van der Waals surface area contributed by atoms with Gasteiger partial charge in [0, 0.05) is 0 Å². The van der Waals surface area contributed by atoms with Gasteiger partial charge in [0.2, 0.25) is 0 Å². The van der Waals surface area contributed by atoms with E-state index in [1.807, 2.05) is 78.1 Å². The van der Waals surface area contributed by atoms with Crippen LogP contribution in [0.5, 0.6) is 0 Å². The van der Waals surface area contributed by atoms with Crippen LogP contribution in [0.3, 0.4) is 0 Å². The van der Waals surface area contributed by atoms with Crippen LogP contribution < -0.4 is 0 Å². The van der Waals surface area contributed by atoms with Crippen molar-refractivity contribution in [3.8, 4) is 0 Å². The molecule has 10 radical (unpaired) electrons. The molecule has 0 bridgehead atoms. The molecule has 2 nitrogen and oxygen atoms in total. The Morgan fingerprint density at radius 3 is 1.00 bits per heavy atom. The molecule has 3 fully saturated rings. The van der Waals surface area contributed by atoms with Gasteiger partial charge in [-0.2, -0.15) is 12.5 Å². The summed E-state index contributed by atoms with van der Waals surface area (Å²) in [4.78, 5) is 0. The molecule has 5 heteroatoms. The zero-order valence-electron chi connectivity index (χ0n) is 17.5. The maximum absolute atomic E-state index is 5.33. The van der Waals surface area contributed by atoms with Crippen LogP contribution in [0.2, 0.25) is 26.2 Å². The summed E-state index contributed by atoms with van der Waals surface area (Å²) in [7, 11) is -2.64. The van der Waals surface area contributed by atoms with Crippen LogP contribution in [0.25, 0.3) is 0 Å². The van der Waals surface area contributed by atoms with E-state index in [2.05, 4.69) is 38.7 Å². The van der Waals surface area contributed by atoms with E-state index in [0.29, 0.717) is 13.2 Å². The molecule has 0 N–H and O–H groups in total. The van der Waals surface area contributed by atoms with Crippen molar-refractivity contribution >= 4 is 15.2 Å². The van der Waals surface area contributed by atoms with E-state index in [1.54, 1.807) is 0 Å². The summed E-state index contributed by atoms with van der Waals surface area (Å²) in [6, 6.07) is 0. The Labute approximate surface area is 190 Å². The predicted octanol–water partition coefficient (Wildman–Crippen LogP) is 5.06. The Bertz CT molecular complexity index is 394. The summed E-state index contributed by atoms with van der Waals surface area (Å²) >= 11 is 0. The molecule has 1 aliphatic heterocycles. The third-order valence-corrected chi connectivity index (χ3v) is 22.3. The standard InChI is InChI=1S/C12H22O2Si2.2C5H5.Zr/c1-7-13-9-11-12(10-14-8-2)16(5,6)15(11,3)4;2*1-2-4-5-3-1;/h7-8H2,1-6H3;2*1-5H;/q-2;;;+4. The largest absolute Gasteiger partial charge is 4.00 e. The van der Waals surface area contributed by atoms with Crippen LogP contribution in [0, 0.1) is 76.7 Å². The second-order valence-electron chi connectivity index (χ2n) is 6.99. The Morgan fingerprint density at radius 2 is 0.815 bits per heavy atom. The van der Waals surface area contributed by atoms with Crippen LogP contribution in [-0.2, 0) is 35.7 Å². The van der Waals surface area contributed by atoms with E-state index in [-0.39, 0.29) is 26.2 Å². The molecule has 27 heavy (non-hydrogen) atoms. The average molecular weight is 476 g/mol. The molecule has 0 aromatic carbocycles. The number of rotatable bonds is 4. The first-order valence-corrected chi connectivity index (χ1v) is 16.2. The Kier molecular flexibility index (Phi) is 14.6. The van der Waals surface area contributed by atoms with Crippen molar-refractivity contribution in [3.05, 3.63) is 87.1 Å². The van der Waals surface area contributed by atoms with Gasteiger partial charge in [-0.25, -0.2) is 0 Å². The van der Waals surface area contributed by atoms with Gasteiger partial charge in [0.25, 0.3) is 0 Å². The van der Waals surface area contributed by atoms with Crippen molar-refractivity contribution < 1.29 is 35.7 Å². The average Bonchev–Trinajstić information content (AvgIpc) is 3.35. The van der Waals surface area contributed by atoms with E-state index in [0.717, 1.165) is 0 Å². The van der Waals surface area contributed by atoms with E-state index in [9.17, 15) is 0 Å². The Balaban J connectivity index is 0.000000496. The van der Waals surface area contributed by atoms with E-state index in [1.165, 1.54) is 10.4 Å². The zero-order chi connectivity index (χ0) is 19.5. The predicted molar refractivity (Wildman–Crippen MR) is 115 cm³/mol. The zero-order valence-corrected chi connectivity index (χ0v) is 22.0. The Morgan fingerprint density at radius 1 is 0.593 bits per heavy atom. The number of ether oxygens (including phenoxy) is 2. The molecule has 1 heterocycles. The third kappa shape index (κ3) is 8.34. The summed E-state index contributed by atoms with van der Waals surface area (Å²) < 4.78 is 10.7. The molecule has 2 saturated carbocycles. The SMILES string of the molecule is CCO[C-]=C1C(=[C-]OCC)[Si](C)(C)[Si]1(C)C.[CH]1[CH][CH][CH][CH]1.[CH]1[CH][CH][CH][CH]1.[Zr+4]. The summed E-state index contributed by atoms with van der Waals surface area (Å²) in [5, 5.41) is 2.55. The summed E-state index contributed by atoms with van der Waals surface area (Å²) in [6.45, 7) is 14.9. The Hall–Kier alpha value is 0.397. The summed E-state index contributed by atoms with van der Waals surface area (Å²) in [5.74, 6) is 0. The fraction of sp³-hybridized carbons (Fsp3) is 0.364. The normalized spacial score (nSPS) is 24.7. The van der Waals surface area contributed by atoms with Gasteiger partial charge in [-0.15, -0.1) is 0 Å². The molecule has 3 rings (SSSR count). The maximum atomic E-state index is 5.33. The molecule has 3 aliphatic rings. The van der Waals surface area contributed by atoms with Crippen molar-refractivity contribution in [2.75, 3.05) is 13.2 Å². The molecule has 0 aromatic rings. The van der Waals surface area contributed by atoms with Crippen LogP contribution in [0.4, 0.5) is 0 Å². The van der Waals surface area contributed by atoms with Gasteiger partial charge in [-0.05, 0) is 78.1 Å². The molecule has 0 unspecified atom stereocenters. The van der Waals surface area contributed by atoms with E-state index in [4.69, 9.17) is 9.47 Å². The second kappa shape index (κ2) is 14.4. The molecule has 0 atom stereocenters. The van der Waals surface area contributed by atoms with Crippen LogP contribution in [0.15, 0.2) is 10.4 Å². The molecule has 0 aromatic heterocycles. The molecular formula is C22H32O2Si2Zr+2. The summed E-state index contributed by atoms with van der Waals surface area (Å²) in [6.07, 6.45) is 26.2. The van der Waals surface area contributed by atoms with E-state index >= 15 is 0 Å². The molecule has 0 spiro atoms. The van der Waals surface area contributed by atoms with Gasteiger partial charge in [-0.3, -0.25) is 0 Å². The number of allylic oxidation sites excluding steroid dienone is 2. The molecule has 142 valence electrons. The first kappa shape index (κ1) is 27.4. The minimum absolute atomic E-state index is 0. The first-order chi connectivity index (χ1) is 12.4. The first-order valence-electron chi connectivity index (χ1n) is 9.23. The minimum atomic E-state index is -1.32. The smallest absolute Gasteiger partial charge is 0.613 e. The van der Waals surface area contributed by atoms with Crippen molar-refractivity contribution in [3.63, 3.8) is 0 Å². The topological polar surface area (TPSA) is 18.5 Å². The molecule has 2 aliphatic carbocycles. The van der Waals surface area contributed by atoms with Crippen LogP contribution in [0.1, 0.15) is 13.8 Å². The third-order valence-electron chi connectivity index (χ3n) is 4.81. The van der Waals surface area contributed by atoms with Gasteiger partial charge in [-0.1, -0.05) is 41.4 Å². The van der Waals surface area contributed by atoms with Crippen LogP contribution in [-0.4, -0.2) is 28.4 Å². The quantitative estimate of drug-likeness (QED) is 0.321. The fourth-order valence-corrected chi connectivity index (χ4v) is 11.5. The molecule has 1 saturated heterocycles. The molecule has 0 amide bonds. The monoisotopic (exact) mass is 474 g/mol. The van der Waals surface area contributed by atoms with Crippen molar-refractivity contribution in [1.29, 1.82) is 0 Å². The number of hydrogen-bond donors (Lipinski definition) is 0. The number of hydrogen-bond acceptors (Lipinski definition) is 2. The maximum Gasteiger partial charge on any atom is 4.00 e. The van der Waals surface area contributed by atoms with Gasteiger partial charge in [0.15, 0.2) is 0 Å². The van der Waals surface area contributed by atoms with Gasteiger partial charge in [0.1, 0.15) is 0 Å². The second-order valence-corrected chi connectivity index (χ2v) is 22.0. The van der Waals surface area contributed by atoms with Crippen molar-refractivity contribution in [1.82, 2.24) is 0 Å². The minimum Gasteiger partial charge on any atom is -0.613 e. The van der Waals surface area contributed by atoms with E-state index < -0.39 is 15.2 Å². The van der Waals surface area contributed by atoms with Crippen molar-refractivity contribution in [2.45, 2.75) is 40.0 Å². The van der Waals surface area contributed by atoms with Gasteiger partial charge in [0.05, 0.1) is 13.2 Å². The van der Waals surface area contributed by atoms with Crippen LogP contribution >= 0.6 is 0 Å². The summed E-state index contributed by atoms with van der Waals surface area (Å²) in [5.41, 5.74) is 0. The fourth-order valence-electron chi connectivity index (χ4n) is 2.47.